The fourth-order valence-electron chi connectivity index (χ4n) is 1.48. The standard InChI is InChI=1S/C12H18ClN5.ClH/c1-8(2)18(12(16)17-11(14)15)7-9-3-5-10(13)6-4-9;/h3-6,8H,7H2,1-2H3,(H5,14,15,16,17);1H. The second-order valence-corrected chi connectivity index (χ2v) is 4.64. The second kappa shape index (κ2) is 7.86. The van der Waals surface area contributed by atoms with Gasteiger partial charge in [-0.15, -0.1) is 12.4 Å². The van der Waals surface area contributed by atoms with Crippen molar-refractivity contribution in [3.05, 3.63) is 34.9 Å². The van der Waals surface area contributed by atoms with Crippen molar-refractivity contribution in [1.29, 1.82) is 5.41 Å². The molecule has 0 heterocycles. The van der Waals surface area contributed by atoms with Gasteiger partial charge in [0.15, 0.2) is 5.96 Å². The number of nitrogens with two attached hydrogens (primary N) is 2. The van der Waals surface area contributed by atoms with Crippen LogP contribution >= 0.6 is 24.0 Å². The largest absolute Gasteiger partial charge is 0.370 e. The molecule has 7 heteroatoms. The van der Waals surface area contributed by atoms with E-state index in [0.717, 1.165) is 5.56 Å². The van der Waals surface area contributed by atoms with Crippen molar-refractivity contribution in [2.75, 3.05) is 0 Å². The predicted molar refractivity (Wildman–Crippen MR) is 82.9 cm³/mol. The average Bonchev–Trinajstić information content (AvgIpc) is 2.26. The average molecular weight is 304 g/mol. The maximum atomic E-state index is 7.85. The highest BCUT2D eigenvalue weighted by molar-refractivity contribution is 6.30. The van der Waals surface area contributed by atoms with Crippen molar-refractivity contribution < 1.29 is 0 Å². The molecule has 0 aromatic heterocycles. The highest BCUT2D eigenvalue weighted by atomic mass is 35.5. The van der Waals surface area contributed by atoms with Gasteiger partial charge in [-0.25, -0.2) is 0 Å². The summed E-state index contributed by atoms with van der Waals surface area (Å²) >= 11 is 5.83. The van der Waals surface area contributed by atoms with Gasteiger partial charge < -0.3 is 16.4 Å². The Hall–Kier alpha value is -1.46. The Labute approximate surface area is 124 Å². The van der Waals surface area contributed by atoms with Gasteiger partial charge in [0.05, 0.1) is 0 Å². The third-order valence-electron chi connectivity index (χ3n) is 2.40. The van der Waals surface area contributed by atoms with Gasteiger partial charge in [0.1, 0.15) is 0 Å². The van der Waals surface area contributed by atoms with Gasteiger partial charge in [-0.1, -0.05) is 23.7 Å². The van der Waals surface area contributed by atoms with E-state index in [1.165, 1.54) is 0 Å². The summed E-state index contributed by atoms with van der Waals surface area (Å²) in [7, 11) is 0. The molecule has 1 aromatic rings. The summed E-state index contributed by atoms with van der Waals surface area (Å²) < 4.78 is 0. The van der Waals surface area contributed by atoms with E-state index in [2.05, 4.69) is 4.99 Å². The number of guanidine groups is 2. The van der Waals surface area contributed by atoms with Crippen LogP contribution in [0.3, 0.4) is 0 Å². The van der Waals surface area contributed by atoms with Crippen molar-refractivity contribution in [2.24, 2.45) is 16.5 Å². The van der Waals surface area contributed by atoms with Gasteiger partial charge in [0.25, 0.3) is 0 Å². The molecule has 0 aliphatic rings. The SMILES string of the molecule is CC(C)N(Cc1ccc(Cl)cc1)C(=N)N=C(N)N.Cl. The van der Waals surface area contributed by atoms with E-state index in [-0.39, 0.29) is 30.4 Å². The van der Waals surface area contributed by atoms with Crippen LogP contribution in [-0.2, 0) is 6.54 Å². The molecule has 0 aliphatic carbocycles. The summed E-state index contributed by atoms with van der Waals surface area (Å²) in [5, 5.41) is 8.54. The molecule has 0 amide bonds. The van der Waals surface area contributed by atoms with Crippen LogP contribution in [0, 0.1) is 5.41 Å². The minimum Gasteiger partial charge on any atom is -0.370 e. The van der Waals surface area contributed by atoms with Gasteiger partial charge in [0.2, 0.25) is 5.96 Å². The van der Waals surface area contributed by atoms with Crippen LogP contribution in [0.15, 0.2) is 29.3 Å². The van der Waals surface area contributed by atoms with Crippen LogP contribution in [0.4, 0.5) is 0 Å². The molecule has 106 valence electrons. The van der Waals surface area contributed by atoms with Crippen molar-refractivity contribution in [3.8, 4) is 0 Å². The summed E-state index contributed by atoms with van der Waals surface area (Å²) in [4.78, 5) is 5.56. The normalized spacial score (nSPS) is 9.68. The number of nitrogens with zero attached hydrogens (tertiary/aromatic N) is 2. The van der Waals surface area contributed by atoms with E-state index in [0.29, 0.717) is 11.6 Å². The Morgan fingerprint density at radius 3 is 2.26 bits per heavy atom. The molecule has 0 bridgehead atoms. The van der Waals surface area contributed by atoms with E-state index in [1.807, 2.05) is 38.1 Å². The molecule has 1 aromatic carbocycles. The summed E-state index contributed by atoms with van der Waals surface area (Å²) in [5.41, 5.74) is 11.6. The topological polar surface area (TPSA) is 91.5 Å². The molecule has 1 rings (SSSR count). The molecule has 0 saturated heterocycles. The maximum absolute atomic E-state index is 7.85. The van der Waals surface area contributed by atoms with Gasteiger partial charge >= 0.3 is 0 Å². The Morgan fingerprint density at radius 1 is 1.32 bits per heavy atom. The highest BCUT2D eigenvalue weighted by Gasteiger charge is 2.13. The lowest BCUT2D eigenvalue weighted by atomic mass is 10.2. The molecule has 0 fully saturated rings. The van der Waals surface area contributed by atoms with Crippen molar-refractivity contribution in [2.45, 2.75) is 26.4 Å². The number of rotatable bonds is 3. The van der Waals surface area contributed by atoms with Crippen LogP contribution in [-0.4, -0.2) is 22.9 Å². The van der Waals surface area contributed by atoms with E-state index in [9.17, 15) is 0 Å². The highest BCUT2D eigenvalue weighted by Crippen LogP contribution is 2.13. The molecule has 0 aliphatic heterocycles. The van der Waals surface area contributed by atoms with Gasteiger partial charge in [-0.2, -0.15) is 4.99 Å². The molecule has 0 spiro atoms. The third kappa shape index (κ3) is 5.81. The zero-order chi connectivity index (χ0) is 13.7. The first kappa shape index (κ1) is 17.5. The Bertz CT molecular complexity index is 438. The summed E-state index contributed by atoms with van der Waals surface area (Å²) in [6.07, 6.45) is 0. The summed E-state index contributed by atoms with van der Waals surface area (Å²) in [6.45, 7) is 4.52. The molecule has 0 atom stereocenters. The zero-order valence-electron chi connectivity index (χ0n) is 10.9. The Morgan fingerprint density at radius 2 is 1.84 bits per heavy atom. The van der Waals surface area contributed by atoms with Crippen LogP contribution in [0.2, 0.25) is 5.02 Å². The van der Waals surface area contributed by atoms with Gasteiger partial charge in [0, 0.05) is 17.6 Å². The number of aliphatic imine (C=N–C) groups is 1. The van der Waals surface area contributed by atoms with Crippen LogP contribution < -0.4 is 11.5 Å². The van der Waals surface area contributed by atoms with Crippen LogP contribution in [0.25, 0.3) is 0 Å². The van der Waals surface area contributed by atoms with Crippen molar-refractivity contribution >= 4 is 35.9 Å². The van der Waals surface area contributed by atoms with Crippen LogP contribution in [0.1, 0.15) is 19.4 Å². The lowest BCUT2D eigenvalue weighted by Crippen LogP contribution is -2.37. The number of nitrogens with one attached hydrogen (secondary N) is 1. The Kier molecular flexibility index (Phi) is 7.26. The quantitative estimate of drug-likeness (QED) is 0.590. The number of hydrogen-bond donors (Lipinski definition) is 3. The van der Waals surface area contributed by atoms with Gasteiger partial charge in [-0.3, -0.25) is 5.41 Å². The fourth-order valence-corrected chi connectivity index (χ4v) is 1.60. The first-order valence-corrected chi connectivity index (χ1v) is 5.97. The fraction of sp³-hybridized carbons (Fsp3) is 0.333. The molecule has 0 saturated carbocycles. The third-order valence-corrected chi connectivity index (χ3v) is 2.65. The smallest absolute Gasteiger partial charge is 0.221 e. The van der Waals surface area contributed by atoms with Crippen LogP contribution in [0.5, 0.6) is 0 Å². The Balaban J connectivity index is 0.00000324. The molecular weight excluding hydrogens is 285 g/mol. The van der Waals surface area contributed by atoms with Crippen molar-refractivity contribution in [1.82, 2.24) is 4.90 Å². The summed E-state index contributed by atoms with van der Waals surface area (Å²) in [6, 6.07) is 7.59. The van der Waals surface area contributed by atoms with Crippen molar-refractivity contribution in [3.63, 3.8) is 0 Å². The minimum absolute atomic E-state index is 0. The number of hydrogen-bond acceptors (Lipinski definition) is 1. The minimum atomic E-state index is -0.109. The molecule has 5 N–H and O–H groups in total. The first-order valence-electron chi connectivity index (χ1n) is 5.59. The van der Waals surface area contributed by atoms with E-state index in [4.69, 9.17) is 28.5 Å². The molecular formula is C12H19Cl2N5. The molecule has 19 heavy (non-hydrogen) atoms. The molecule has 5 nitrogen and oxygen atoms in total. The second-order valence-electron chi connectivity index (χ2n) is 4.21. The van der Waals surface area contributed by atoms with E-state index < -0.39 is 0 Å². The van der Waals surface area contributed by atoms with Gasteiger partial charge in [-0.05, 0) is 31.5 Å². The predicted octanol–water partition coefficient (Wildman–Crippen LogP) is 2.18. The summed E-state index contributed by atoms with van der Waals surface area (Å²) in [5.74, 6) is -0.0540. The lowest BCUT2D eigenvalue weighted by molar-refractivity contribution is 0.337. The number of benzene rings is 1. The lowest BCUT2D eigenvalue weighted by Gasteiger charge is -2.26. The maximum Gasteiger partial charge on any atom is 0.221 e. The molecule has 0 unspecified atom stereocenters. The molecule has 0 radical (unpaired) electrons. The van der Waals surface area contributed by atoms with E-state index in [1.54, 1.807) is 4.90 Å². The zero-order valence-corrected chi connectivity index (χ0v) is 12.5. The monoisotopic (exact) mass is 303 g/mol. The van der Waals surface area contributed by atoms with E-state index >= 15 is 0 Å². The first-order chi connectivity index (χ1) is 8.40. The number of halogens is 2.